The number of piperidine rings is 1. The number of fused-ring (bicyclic) bond motifs is 1. The molecule has 1 aliphatic heterocycles. The van der Waals surface area contributed by atoms with Crippen molar-refractivity contribution in [3.05, 3.63) is 71.3 Å². The van der Waals surface area contributed by atoms with E-state index in [0.717, 1.165) is 42.3 Å². The van der Waals surface area contributed by atoms with Crippen LogP contribution in [0.1, 0.15) is 41.3 Å². The maximum absolute atomic E-state index is 12.5. The van der Waals surface area contributed by atoms with E-state index in [2.05, 4.69) is 5.32 Å². The summed E-state index contributed by atoms with van der Waals surface area (Å²) in [6, 6.07) is 17.2. The van der Waals surface area contributed by atoms with Crippen LogP contribution in [0.15, 0.2) is 54.6 Å². The number of nitrogen functional groups attached to an aromatic ring is 1. The molecule has 0 radical (unpaired) electrons. The van der Waals surface area contributed by atoms with Crippen LogP contribution in [-0.2, 0) is 11.3 Å². The second-order valence-corrected chi connectivity index (χ2v) is 8.75. The van der Waals surface area contributed by atoms with E-state index >= 15 is 0 Å². The lowest BCUT2D eigenvalue weighted by Crippen LogP contribution is -2.40. The Kier molecular flexibility index (Phi) is 7.19. The number of anilines is 1. The molecule has 1 fully saturated rings. The van der Waals surface area contributed by atoms with E-state index in [-0.39, 0.29) is 11.9 Å². The maximum Gasteiger partial charge on any atom is 0.340 e. The SMILES string of the molecule is COC(=O)c1cc(OC2CCN(C(C)=N)CC2)ccc1NCc1ccc2ccc(C(=N)N)cc2c1. The van der Waals surface area contributed by atoms with Crippen molar-refractivity contribution in [2.45, 2.75) is 32.4 Å². The molecule has 0 aliphatic carbocycles. The Labute approximate surface area is 205 Å². The predicted molar refractivity (Wildman–Crippen MR) is 139 cm³/mol. The Hall–Kier alpha value is -4.07. The molecule has 1 saturated heterocycles. The number of methoxy groups -OCH3 is 1. The zero-order valence-electron chi connectivity index (χ0n) is 20.1. The summed E-state index contributed by atoms with van der Waals surface area (Å²) in [6.07, 6.45) is 1.71. The number of hydrogen-bond acceptors (Lipinski definition) is 6. The summed E-state index contributed by atoms with van der Waals surface area (Å²) in [4.78, 5) is 14.5. The monoisotopic (exact) mass is 473 g/mol. The van der Waals surface area contributed by atoms with E-state index in [1.54, 1.807) is 13.0 Å². The number of nitrogens with one attached hydrogen (secondary N) is 3. The van der Waals surface area contributed by atoms with Crippen LogP contribution in [0.3, 0.4) is 0 Å². The molecule has 0 aromatic heterocycles. The molecule has 35 heavy (non-hydrogen) atoms. The second kappa shape index (κ2) is 10.5. The van der Waals surface area contributed by atoms with E-state index in [1.165, 1.54) is 7.11 Å². The summed E-state index contributed by atoms with van der Waals surface area (Å²) in [7, 11) is 1.37. The molecule has 8 nitrogen and oxygen atoms in total. The Bertz CT molecular complexity index is 1260. The highest BCUT2D eigenvalue weighted by Crippen LogP contribution is 2.27. The summed E-state index contributed by atoms with van der Waals surface area (Å²) in [6.45, 7) is 3.90. The van der Waals surface area contributed by atoms with Crippen LogP contribution in [0.4, 0.5) is 5.69 Å². The summed E-state index contributed by atoms with van der Waals surface area (Å²) < 4.78 is 11.2. The molecule has 0 amide bonds. The molecule has 0 spiro atoms. The molecule has 1 aliphatic rings. The molecule has 0 saturated carbocycles. The van der Waals surface area contributed by atoms with Gasteiger partial charge in [0.1, 0.15) is 17.7 Å². The highest BCUT2D eigenvalue weighted by molar-refractivity contribution is 5.99. The number of carbonyl (C=O) groups is 1. The van der Waals surface area contributed by atoms with Gasteiger partial charge in [-0.1, -0.05) is 24.3 Å². The van der Waals surface area contributed by atoms with E-state index in [0.29, 0.717) is 34.9 Å². The number of nitrogens with two attached hydrogens (primary N) is 1. The normalized spacial score (nSPS) is 13.9. The van der Waals surface area contributed by atoms with Crippen molar-refractivity contribution in [1.29, 1.82) is 10.8 Å². The molecule has 5 N–H and O–H groups in total. The third-order valence-electron chi connectivity index (χ3n) is 6.31. The van der Waals surface area contributed by atoms with Gasteiger partial charge in [-0.25, -0.2) is 4.79 Å². The van der Waals surface area contributed by atoms with Crippen molar-refractivity contribution in [2.75, 3.05) is 25.5 Å². The van der Waals surface area contributed by atoms with Crippen LogP contribution in [-0.4, -0.2) is 48.8 Å². The largest absolute Gasteiger partial charge is 0.490 e. The first-order chi connectivity index (χ1) is 16.8. The number of hydrogen-bond donors (Lipinski definition) is 4. The van der Waals surface area contributed by atoms with Gasteiger partial charge in [0.25, 0.3) is 0 Å². The summed E-state index contributed by atoms with van der Waals surface area (Å²) >= 11 is 0. The number of likely N-dealkylation sites (tertiary alicyclic amines) is 1. The zero-order valence-corrected chi connectivity index (χ0v) is 20.1. The van der Waals surface area contributed by atoms with Crippen molar-refractivity contribution < 1.29 is 14.3 Å². The molecule has 182 valence electrons. The number of benzene rings is 3. The number of rotatable bonds is 7. The van der Waals surface area contributed by atoms with E-state index < -0.39 is 5.97 Å². The van der Waals surface area contributed by atoms with Crippen molar-refractivity contribution in [2.24, 2.45) is 5.73 Å². The Morgan fingerprint density at radius 3 is 2.49 bits per heavy atom. The standard InChI is InChI=1S/C27H31N5O3/c1-17(28)32-11-9-22(10-12-32)35-23-7-8-25(24(15-23)27(33)34-2)31-16-18-3-4-19-5-6-20(26(29)30)14-21(19)13-18/h3-8,13-15,22,28,31H,9-12,16H2,1-2H3,(H3,29,30). The molecule has 8 heteroatoms. The van der Waals surface area contributed by atoms with Gasteiger partial charge in [-0.15, -0.1) is 0 Å². The molecule has 3 aromatic carbocycles. The minimum atomic E-state index is -0.434. The van der Waals surface area contributed by atoms with Gasteiger partial charge in [0.15, 0.2) is 0 Å². The van der Waals surface area contributed by atoms with Crippen molar-refractivity contribution in [1.82, 2.24) is 4.90 Å². The van der Waals surface area contributed by atoms with Gasteiger partial charge in [-0.3, -0.25) is 10.8 Å². The first-order valence-electron chi connectivity index (χ1n) is 11.6. The maximum atomic E-state index is 12.5. The molecule has 0 bridgehead atoms. The van der Waals surface area contributed by atoms with Gasteiger partial charge >= 0.3 is 5.97 Å². The van der Waals surface area contributed by atoms with Gasteiger partial charge in [0.05, 0.1) is 18.5 Å². The van der Waals surface area contributed by atoms with Gasteiger partial charge < -0.3 is 25.4 Å². The fourth-order valence-electron chi connectivity index (χ4n) is 4.30. The number of esters is 1. The molecule has 4 rings (SSSR count). The quantitative estimate of drug-likeness (QED) is 0.230. The summed E-state index contributed by atoms with van der Waals surface area (Å²) in [5, 5.41) is 20.8. The number of carbonyl (C=O) groups excluding carboxylic acids is 1. The van der Waals surface area contributed by atoms with Gasteiger partial charge in [-0.2, -0.15) is 0 Å². The summed E-state index contributed by atoms with van der Waals surface area (Å²) in [5.74, 6) is 0.814. The molecular formula is C27H31N5O3. The van der Waals surface area contributed by atoms with Gasteiger partial charge in [0.2, 0.25) is 0 Å². The third-order valence-corrected chi connectivity index (χ3v) is 6.31. The topological polar surface area (TPSA) is 125 Å². The van der Waals surface area contributed by atoms with Gasteiger partial charge in [-0.05, 0) is 53.6 Å². The average molecular weight is 474 g/mol. The lowest BCUT2D eigenvalue weighted by atomic mass is 10.0. The first kappa shape index (κ1) is 24.1. The Balaban J connectivity index is 1.48. The molecule has 0 unspecified atom stereocenters. The fourth-order valence-corrected chi connectivity index (χ4v) is 4.30. The lowest BCUT2D eigenvalue weighted by molar-refractivity contribution is 0.0600. The van der Waals surface area contributed by atoms with E-state index in [9.17, 15) is 4.79 Å². The fraction of sp³-hybridized carbons (Fsp3) is 0.296. The highest BCUT2D eigenvalue weighted by atomic mass is 16.5. The van der Waals surface area contributed by atoms with Crippen LogP contribution < -0.4 is 15.8 Å². The third kappa shape index (κ3) is 5.71. The minimum absolute atomic E-state index is 0.0378. The van der Waals surface area contributed by atoms with Crippen LogP contribution in [0, 0.1) is 10.8 Å². The van der Waals surface area contributed by atoms with Crippen molar-refractivity contribution >= 4 is 34.1 Å². The lowest BCUT2D eigenvalue weighted by Gasteiger charge is -2.32. The molecular weight excluding hydrogens is 442 g/mol. The zero-order chi connectivity index (χ0) is 24.9. The van der Waals surface area contributed by atoms with Crippen LogP contribution in [0.25, 0.3) is 10.8 Å². The van der Waals surface area contributed by atoms with Crippen LogP contribution in [0.2, 0.25) is 0 Å². The minimum Gasteiger partial charge on any atom is -0.490 e. The van der Waals surface area contributed by atoms with Crippen LogP contribution in [0.5, 0.6) is 5.75 Å². The highest BCUT2D eigenvalue weighted by Gasteiger charge is 2.22. The van der Waals surface area contributed by atoms with Crippen molar-refractivity contribution in [3.8, 4) is 5.75 Å². The number of amidine groups is 2. The van der Waals surface area contributed by atoms with Gasteiger partial charge in [0, 0.05) is 43.7 Å². The smallest absolute Gasteiger partial charge is 0.340 e. The second-order valence-electron chi connectivity index (χ2n) is 8.75. The Morgan fingerprint density at radius 2 is 1.80 bits per heavy atom. The van der Waals surface area contributed by atoms with E-state index in [4.69, 9.17) is 26.0 Å². The van der Waals surface area contributed by atoms with E-state index in [1.807, 2.05) is 53.4 Å². The van der Waals surface area contributed by atoms with Crippen LogP contribution >= 0.6 is 0 Å². The average Bonchev–Trinajstić information content (AvgIpc) is 2.87. The number of ether oxygens (including phenoxy) is 2. The van der Waals surface area contributed by atoms with Crippen molar-refractivity contribution in [3.63, 3.8) is 0 Å². The summed E-state index contributed by atoms with van der Waals surface area (Å²) in [5.41, 5.74) is 8.42. The number of nitrogens with zero attached hydrogens (tertiary/aromatic N) is 1. The molecule has 0 atom stereocenters. The predicted octanol–water partition coefficient (Wildman–Crippen LogP) is 4.36. The molecule has 1 heterocycles. The first-order valence-corrected chi connectivity index (χ1v) is 11.6. The Morgan fingerprint density at radius 1 is 1.06 bits per heavy atom. The molecule has 3 aromatic rings.